The monoisotopic (exact) mass is 432 g/mol. The third-order valence-corrected chi connectivity index (χ3v) is 6.02. The van der Waals surface area contributed by atoms with E-state index in [9.17, 15) is 9.59 Å². The molecule has 5 rings (SSSR count). The maximum Gasteiger partial charge on any atom is 0.253 e. The highest BCUT2D eigenvalue weighted by Gasteiger charge is 2.32. The fraction of sp³-hybridized carbons (Fsp3) is 0.333. The van der Waals surface area contributed by atoms with Crippen molar-refractivity contribution in [1.29, 1.82) is 0 Å². The average Bonchev–Trinajstić information content (AvgIpc) is 3.38. The number of likely N-dealkylation sites (tertiary alicyclic amines) is 1. The average molecular weight is 433 g/mol. The van der Waals surface area contributed by atoms with Crippen LogP contribution in [0.5, 0.6) is 0 Å². The van der Waals surface area contributed by atoms with Crippen LogP contribution in [0.2, 0.25) is 0 Å². The van der Waals surface area contributed by atoms with Crippen LogP contribution in [0.4, 0.5) is 5.82 Å². The molecule has 2 fully saturated rings. The molecule has 2 aromatic heterocycles. The predicted molar refractivity (Wildman–Crippen MR) is 125 cm³/mol. The van der Waals surface area contributed by atoms with E-state index >= 15 is 0 Å². The minimum Gasteiger partial charge on any atom is -0.383 e. The van der Waals surface area contributed by atoms with Gasteiger partial charge in [0, 0.05) is 37.0 Å². The van der Waals surface area contributed by atoms with Gasteiger partial charge in [-0.2, -0.15) is 0 Å². The van der Waals surface area contributed by atoms with Crippen molar-refractivity contribution in [3.8, 4) is 11.1 Å². The van der Waals surface area contributed by atoms with Gasteiger partial charge >= 0.3 is 0 Å². The number of anilines is 1. The Kier molecular flexibility index (Phi) is 5.94. The van der Waals surface area contributed by atoms with Crippen molar-refractivity contribution in [3.05, 3.63) is 54.5 Å². The standard InChI is InChI=1S/C21H23N5O.C3H5NO/c1-25-18(14-6-7-14)16(17-19(22)23-12-24-20(17)25)13-4-8-15(9-5-13)21(27)26-10-2-3-11-26;1-2-3(4)5/h4-5,8-9,12,14H,2-3,6-7,10-11H2,1H3,(H2,22,23,24);2H,1H2,(H2,4,5). The Bertz CT molecular complexity index is 1170. The summed E-state index contributed by atoms with van der Waals surface area (Å²) in [6.07, 6.45) is 7.16. The molecule has 0 bridgehead atoms. The van der Waals surface area contributed by atoms with E-state index in [0.717, 1.165) is 59.7 Å². The number of hydrogen-bond donors (Lipinski definition) is 2. The molecule has 1 aliphatic carbocycles. The zero-order chi connectivity index (χ0) is 22.8. The van der Waals surface area contributed by atoms with Crippen molar-refractivity contribution in [2.24, 2.45) is 12.8 Å². The summed E-state index contributed by atoms with van der Waals surface area (Å²) in [6, 6.07) is 7.95. The number of carbonyl (C=O) groups is 2. The van der Waals surface area contributed by atoms with Crippen LogP contribution < -0.4 is 11.5 Å². The molecule has 1 aromatic carbocycles. The molecule has 0 spiro atoms. The van der Waals surface area contributed by atoms with E-state index in [1.54, 1.807) is 0 Å². The summed E-state index contributed by atoms with van der Waals surface area (Å²) in [5, 5.41) is 0.917. The zero-order valence-electron chi connectivity index (χ0n) is 18.3. The number of nitrogen functional groups attached to an aromatic ring is 1. The number of aryl methyl sites for hydroxylation is 1. The lowest BCUT2D eigenvalue weighted by atomic mass is 9.99. The van der Waals surface area contributed by atoms with Crippen molar-refractivity contribution < 1.29 is 9.59 Å². The Balaban J connectivity index is 0.000000444. The Morgan fingerprint density at radius 2 is 1.75 bits per heavy atom. The normalized spacial score (nSPS) is 15.3. The molecule has 1 saturated heterocycles. The second kappa shape index (κ2) is 8.82. The second-order valence-corrected chi connectivity index (χ2v) is 8.23. The van der Waals surface area contributed by atoms with Crippen LogP contribution in [0.1, 0.15) is 47.7 Å². The van der Waals surface area contributed by atoms with Gasteiger partial charge in [-0.15, -0.1) is 0 Å². The highest BCUT2D eigenvalue weighted by Crippen LogP contribution is 2.48. The first-order valence-electron chi connectivity index (χ1n) is 10.8. The van der Waals surface area contributed by atoms with Gasteiger partial charge in [-0.05, 0) is 55.4 Å². The highest BCUT2D eigenvalue weighted by atomic mass is 16.2. The Morgan fingerprint density at radius 3 is 2.31 bits per heavy atom. The number of nitrogens with zero attached hydrogens (tertiary/aromatic N) is 4. The largest absolute Gasteiger partial charge is 0.383 e. The number of hydrogen-bond acceptors (Lipinski definition) is 5. The number of primary amides is 1. The number of aromatic nitrogens is 3. The molecule has 8 heteroatoms. The molecule has 3 heterocycles. The third-order valence-electron chi connectivity index (χ3n) is 6.02. The van der Waals surface area contributed by atoms with Gasteiger partial charge < -0.3 is 20.9 Å². The lowest BCUT2D eigenvalue weighted by Crippen LogP contribution is -2.27. The number of fused-ring (bicyclic) bond motifs is 1. The Morgan fingerprint density at radius 1 is 1.12 bits per heavy atom. The van der Waals surface area contributed by atoms with Crippen molar-refractivity contribution in [1.82, 2.24) is 19.4 Å². The van der Waals surface area contributed by atoms with Crippen molar-refractivity contribution in [2.45, 2.75) is 31.6 Å². The molecule has 166 valence electrons. The molecule has 0 atom stereocenters. The van der Waals surface area contributed by atoms with Crippen molar-refractivity contribution >= 4 is 28.7 Å². The van der Waals surface area contributed by atoms with E-state index in [2.05, 4.69) is 33.9 Å². The van der Waals surface area contributed by atoms with Gasteiger partial charge in [0.15, 0.2) is 0 Å². The summed E-state index contributed by atoms with van der Waals surface area (Å²) in [4.78, 5) is 32.7. The molecular weight excluding hydrogens is 404 g/mol. The molecule has 3 aromatic rings. The van der Waals surface area contributed by atoms with E-state index in [4.69, 9.17) is 5.73 Å². The first-order valence-corrected chi connectivity index (χ1v) is 10.8. The van der Waals surface area contributed by atoms with Crippen molar-refractivity contribution in [2.75, 3.05) is 18.8 Å². The summed E-state index contributed by atoms with van der Waals surface area (Å²) in [5.41, 5.74) is 15.9. The quantitative estimate of drug-likeness (QED) is 0.614. The van der Waals surface area contributed by atoms with Crippen LogP contribution in [0.3, 0.4) is 0 Å². The summed E-state index contributed by atoms with van der Waals surface area (Å²) in [5.74, 6) is 0.700. The van der Waals surface area contributed by atoms with Crippen molar-refractivity contribution in [3.63, 3.8) is 0 Å². The Hall–Kier alpha value is -3.68. The van der Waals surface area contributed by atoms with Gasteiger partial charge in [0.1, 0.15) is 17.8 Å². The molecule has 2 aliphatic rings. The van der Waals surface area contributed by atoms with Crippen LogP contribution >= 0.6 is 0 Å². The van der Waals surface area contributed by atoms with E-state index < -0.39 is 5.91 Å². The number of rotatable bonds is 4. The molecule has 4 N–H and O–H groups in total. The molecule has 1 saturated carbocycles. The zero-order valence-corrected chi connectivity index (χ0v) is 18.3. The fourth-order valence-electron chi connectivity index (χ4n) is 4.30. The van der Waals surface area contributed by atoms with Gasteiger partial charge in [-0.3, -0.25) is 9.59 Å². The summed E-state index contributed by atoms with van der Waals surface area (Å²) in [7, 11) is 2.05. The number of amides is 2. The number of nitrogens with two attached hydrogens (primary N) is 2. The van der Waals surface area contributed by atoms with Crippen LogP contribution in [-0.4, -0.2) is 44.3 Å². The van der Waals surface area contributed by atoms with E-state index in [1.165, 1.54) is 24.9 Å². The summed E-state index contributed by atoms with van der Waals surface area (Å²) < 4.78 is 2.16. The predicted octanol–water partition coefficient (Wildman–Crippen LogP) is 2.99. The number of benzene rings is 1. The Labute approximate surface area is 186 Å². The number of carbonyl (C=O) groups excluding carboxylic acids is 2. The van der Waals surface area contributed by atoms with Gasteiger partial charge in [-0.25, -0.2) is 9.97 Å². The van der Waals surface area contributed by atoms with Gasteiger partial charge in [0.05, 0.1) is 5.39 Å². The maximum absolute atomic E-state index is 12.6. The molecule has 2 amide bonds. The molecule has 1 aliphatic heterocycles. The van der Waals surface area contributed by atoms with Gasteiger partial charge in [0.25, 0.3) is 5.91 Å². The van der Waals surface area contributed by atoms with Crippen LogP contribution in [0.25, 0.3) is 22.2 Å². The second-order valence-electron chi connectivity index (χ2n) is 8.23. The lowest BCUT2D eigenvalue weighted by molar-refractivity contribution is -0.113. The fourth-order valence-corrected chi connectivity index (χ4v) is 4.30. The van der Waals surface area contributed by atoms with E-state index in [1.807, 2.05) is 29.2 Å². The minimum atomic E-state index is -0.481. The van der Waals surface area contributed by atoms with Gasteiger partial charge in [-0.1, -0.05) is 18.7 Å². The van der Waals surface area contributed by atoms with Crippen LogP contribution in [0, 0.1) is 0 Å². The smallest absolute Gasteiger partial charge is 0.253 e. The molecular formula is C24H28N6O2. The first kappa shape index (κ1) is 21.5. The van der Waals surface area contributed by atoms with Gasteiger partial charge in [0.2, 0.25) is 5.91 Å². The molecule has 8 nitrogen and oxygen atoms in total. The maximum atomic E-state index is 12.6. The third kappa shape index (κ3) is 4.08. The summed E-state index contributed by atoms with van der Waals surface area (Å²) in [6.45, 7) is 4.82. The SMILES string of the molecule is C=CC(N)=O.Cn1c(C2CC2)c(-c2ccc(C(=O)N3CCCC3)cc2)c2c(N)ncnc21. The minimum absolute atomic E-state index is 0.127. The van der Waals surface area contributed by atoms with E-state index in [-0.39, 0.29) is 5.91 Å². The van der Waals surface area contributed by atoms with Crippen LogP contribution in [0.15, 0.2) is 43.2 Å². The summed E-state index contributed by atoms with van der Waals surface area (Å²) >= 11 is 0. The topological polar surface area (TPSA) is 120 Å². The lowest BCUT2D eigenvalue weighted by Gasteiger charge is -2.15. The highest BCUT2D eigenvalue weighted by molar-refractivity contribution is 6.03. The molecule has 0 unspecified atom stereocenters. The first-order chi connectivity index (χ1) is 15.4. The van der Waals surface area contributed by atoms with Crippen LogP contribution in [-0.2, 0) is 11.8 Å². The molecule has 0 radical (unpaired) electrons. The van der Waals surface area contributed by atoms with E-state index in [0.29, 0.717) is 11.7 Å². The molecule has 32 heavy (non-hydrogen) atoms.